The Labute approximate surface area is 316 Å². The van der Waals surface area contributed by atoms with E-state index in [1.165, 1.54) is 88.0 Å². The van der Waals surface area contributed by atoms with E-state index in [0.29, 0.717) is 5.92 Å². The normalized spacial score (nSPS) is 15.2. The van der Waals surface area contributed by atoms with Crippen LogP contribution < -0.4 is 4.90 Å². The number of fused-ring (bicyclic) bond motifs is 16. The van der Waals surface area contributed by atoms with Gasteiger partial charge in [-0.25, -0.2) is 0 Å². The Hall–Kier alpha value is -6.44. The van der Waals surface area contributed by atoms with E-state index in [9.17, 15) is 0 Å². The largest absolute Gasteiger partial charge is 0.310 e. The number of para-hydroxylation sites is 1. The highest BCUT2D eigenvalue weighted by atomic mass is 15.1. The lowest BCUT2D eigenvalue weighted by Gasteiger charge is -2.32. The summed E-state index contributed by atoms with van der Waals surface area (Å²) < 4.78 is 0. The van der Waals surface area contributed by atoms with E-state index < -0.39 is 5.41 Å². The van der Waals surface area contributed by atoms with Crippen LogP contribution in [0, 0.1) is 6.92 Å². The fourth-order valence-corrected chi connectivity index (χ4v) is 9.85. The molecule has 1 atom stereocenters. The van der Waals surface area contributed by atoms with E-state index in [2.05, 4.69) is 202 Å². The molecular formula is C53H39N. The zero-order valence-corrected chi connectivity index (χ0v) is 30.8. The van der Waals surface area contributed by atoms with Crippen molar-refractivity contribution in [3.05, 3.63) is 209 Å². The van der Waals surface area contributed by atoms with Crippen LogP contribution >= 0.6 is 0 Å². The summed E-state index contributed by atoms with van der Waals surface area (Å²) in [4.78, 5) is 2.42. The Bertz CT molecular complexity index is 2970. The highest BCUT2D eigenvalue weighted by Gasteiger charge is 2.52. The molecule has 1 heteroatoms. The first-order chi connectivity index (χ1) is 26.5. The number of hydrogen-bond donors (Lipinski definition) is 0. The van der Waals surface area contributed by atoms with Gasteiger partial charge in [0.1, 0.15) is 0 Å². The molecule has 0 aliphatic heterocycles. The minimum atomic E-state index is -0.483. The van der Waals surface area contributed by atoms with Crippen LogP contribution in [-0.4, -0.2) is 0 Å². The van der Waals surface area contributed by atoms with Crippen molar-refractivity contribution in [3.8, 4) is 22.3 Å². The maximum Gasteiger partial charge on any atom is 0.0726 e. The van der Waals surface area contributed by atoms with Crippen molar-refractivity contribution < 1.29 is 0 Å². The first kappa shape index (κ1) is 31.1. The standard InChI is InChI=1S/C53H39N/c1-33(2)35-22-24-37(25-23-35)54(36-13-5-4-6-14-36)38-26-28-45-44-27-21-34(3)29-50(44)53(51(45)30-38)49-20-12-11-19-43(49)48-31-46-41-17-9-7-15-39(41)40-16-8-10-18-42(40)47(46)32-52(48)53/h4-33H,1-3H3. The van der Waals surface area contributed by atoms with Crippen molar-refractivity contribution in [2.45, 2.75) is 32.1 Å². The highest BCUT2D eigenvalue weighted by molar-refractivity contribution is 6.26. The third-order valence-corrected chi connectivity index (χ3v) is 12.3. The summed E-state index contributed by atoms with van der Waals surface area (Å²) in [7, 11) is 0. The molecule has 1 spiro atoms. The number of aryl methyl sites for hydroxylation is 1. The van der Waals surface area contributed by atoms with Gasteiger partial charge < -0.3 is 4.90 Å². The monoisotopic (exact) mass is 689 g/mol. The molecule has 54 heavy (non-hydrogen) atoms. The quantitative estimate of drug-likeness (QED) is 0.166. The molecule has 9 aromatic rings. The zero-order valence-electron chi connectivity index (χ0n) is 30.8. The molecule has 256 valence electrons. The third-order valence-electron chi connectivity index (χ3n) is 12.3. The predicted molar refractivity (Wildman–Crippen MR) is 229 cm³/mol. The van der Waals surface area contributed by atoms with E-state index >= 15 is 0 Å². The first-order valence-corrected chi connectivity index (χ1v) is 19.2. The Morgan fingerprint density at radius 2 is 0.870 bits per heavy atom. The van der Waals surface area contributed by atoms with E-state index in [-0.39, 0.29) is 0 Å². The molecule has 0 N–H and O–H groups in total. The van der Waals surface area contributed by atoms with Gasteiger partial charge in [-0.2, -0.15) is 0 Å². The number of anilines is 3. The van der Waals surface area contributed by atoms with Gasteiger partial charge in [0, 0.05) is 17.1 Å². The molecule has 1 unspecified atom stereocenters. The van der Waals surface area contributed by atoms with E-state index in [1.54, 1.807) is 0 Å². The third kappa shape index (κ3) is 4.21. The molecule has 11 rings (SSSR count). The van der Waals surface area contributed by atoms with Gasteiger partial charge in [0.25, 0.3) is 0 Å². The maximum absolute atomic E-state index is 2.56. The summed E-state index contributed by atoms with van der Waals surface area (Å²) in [5, 5.41) is 7.84. The average Bonchev–Trinajstić information content (AvgIpc) is 3.67. The van der Waals surface area contributed by atoms with Gasteiger partial charge in [-0.15, -0.1) is 0 Å². The molecule has 0 bridgehead atoms. The molecule has 2 aliphatic carbocycles. The fraction of sp³-hybridized carbons (Fsp3) is 0.0943. The summed E-state index contributed by atoms with van der Waals surface area (Å²) >= 11 is 0. The number of hydrogen-bond acceptors (Lipinski definition) is 1. The Kier molecular flexibility index (Phi) is 6.64. The zero-order chi connectivity index (χ0) is 36.1. The summed E-state index contributed by atoms with van der Waals surface area (Å²) in [5.41, 5.74) is 16.3. The van der Waals surface area contributed by atoms with Gasteiger partial charge in [0.15, 0.2) is 0 Å². The lowest BCUT2D eigenvalue weighted by Crippen LogP contribution is -2.26. The van der Waals surface area contributed by atoms with Crippen LogP contribution in [0.25, 0.3) is 54.6 Å². The molecule has 0 heterocycles. The molecule has 2 aliphatic rings. The van der Waals surface area contributed by atoms with Gasteiger partial charge in [-0.1, -0.05) is 147 Å². The minimum absolute atomic E-state index is 0.472. The summed E-state index contributed by atoms with van der Waals surface area (Å²) in [6, 6.07) is 66.4. The second kappa shape index (κ2) is 11.5. The van der Waals surface area contributed by atoms with Crippen molar-refractivity contribution in [1.29, 1.82) is 0 Å². The number of benzene rings is 9. The smallest absolute Gasteiger partial charge is 0.0726 e. The van der Waals surface area contributed by atoms with Gasteiger partial charge in [-0.05, 0) is 144 Å². The Morgan fingerprint density at radius 1 is 0.370 bits per heavy atom. The predicted octanol–water partition coefficient (Wildman–Crippen LogP) is 14.4. The maximum atomic E-state index is 2.56. The van der Waals surface area contributed by atoms with E-state index in [0.717, 1.165) is 17.1 Å². The van der Waals surface area contributed by atoms with E-state index in [1.807, 2.05) is 0 Å². The Morgan fingerprint density at radius 3 is 1.56 bits per heavy atom. The molecule has 0 amide bonds. The van der Waals surface area contributed by atoms with Crippen molar-refractivity contribution in [2.75, 3.05) is 4.90 Å². The van der Waals surface area contributed by atoms with Crippen LogP contribution in [0.3, 0.4) is 0 Å². The molecule has 0 saturated heterocycles. The average molecular weight is 690 g/mol. The number of rotatable bonds is 4. The molecule has 9 aromatic carbocycles. The molecule has 0 saturated carbocycles. The molecule has 0 fully saturated rings. The summed E-state index contributed by atoms with van der Waals surface area (Å²) in [6.45, 7) is 6.76. The molecule has 0 aromatic heterocycles. The van der Waals surface area contributed by atoms with Gasteiger partial charge in [-0.3, -0.25) is 0 Å². The highest BCUT2D eigenvalue weighted by Crippen LogP contribution is 2.64. The van der Waals surface area contributed by atoms with Gasteiger partial charge >= 0.3 is 0 Å². The van der Waals surface area contributed by atoms with Crippen LogP contribution in [0.4, 0.5) is 17.1 Å². The lowest BCUT2D eigenvalue weighted by atomic mass is 9.70. The minimum Gasteiger partial charge on any atom is -0.310 e. The molecule has 0 radical (unpaired) electrons. The van der Waals surface area contributed by atoms with Gasteiger partial charge in [0.2, 0.25) is 0 Å². The van der Waals surface area contributed by atoms with Crippen LogP contribution in [-0.2, 0) is 5.41 Å². The second-order valence-corrected chi connectivity index (χ2v) is 15.5. The Balaban J connectivity index is 1.25. The van der Waals surface area contributed by atoms with Crippen LogP contribution in [0.1, 0.15) is 53.1 Å². The van der Waals surface area contributed by atoms with Crippen molar-refractivity contribution in [2.24, 2.45) is 0 Å². The fourth-order valence-electron chi connectivity index (χ4n) is 9.85. The summed E-state index contributed by atoms with van der Waals surface area (Å²) in [6.07, 6.45) is 0. The SMILES string of the molecule is Cc1ccc2c(c1)C1(c3ccccc3-c3cc4c5ccccc5c5ccccc5c4cc31)c1cc(N(c3ccccc3)c3ccc(C(C)C)cc3)ccc1-2. The topological polar surface area (TPSA) is 3.24 Å². The van der Waals surface area contributed by atoms with Gasteiger partial charge in [0.05, 0.1) is 5.41 Å². The number of nitrogens with zero attached hydrogens (tertiary/aromatic N) is 1. The van der Waals surface area contributed by atoms with E-state index in [4.69, 9.17) is 0 Å². The molecular weight excluding hydrogens is 651 g/mol. The van der Waals surface area contributed by atoms with Crippen molar-refractivity contribution in [1.82, 2.24) is 0 Å². The van der Waals surface area contributed by atoms with Crippen LogP contribution in [0.5, 0.6) is 0 Å². The van der Waals surface area contributed by atoms with Crippen LogP contribution in [0.2, 0.25) is 0 Å². The van der Waals surface area contributed by atoms with Crippen LogP contribution in [0.15, 0.2) is 176 Å². The first-order valence-electron chi connectivity index (χ1n) is 19.2. The second-order valence-electron chi connectivity index (χ2n) is 15.5. The molecule has 1 nitrogen and oxygen atoms in total. The lowest BCUT2D eigenvalue weighted by molar-refractivity contribution is 0.794. The summed E-state index contributed by atoms with van der Waals surface area (Å²) in [5.74, 6) is 0.472. The van der Waals surface area contributed by atoms with Crippen molar-refractivity contribution >= 4 is 49.4 Å². The van der Waals surface area contributed by atoms with Crippen molar-refractivity contribution in [3.63, 3.8) is 0 Å².